The van der Waals surface area contributed by atoms with Crippen molar-refractivity contribution >= 4 is 28.4 Å². The molecule has 3 aromatic rings. The van der Waals surface area contributed by atoms with Gasteiger partial charge in [-0.3, -0.25) is 14.2 Å². The van der Waals surface area contributed by atoms with Crippen LogP contribution < -0.4 is 21.1 Å². The molecule has 1 aromatic heterocycles. The second kappa shape index (κ2) is 9.93. The number of amides is 1. The van der Waals surface area contributed by atoms with Gasteiger partial charge >= 0.3 is 0 Å². The summed E-state index contributed by atoms with van der Waals surface area (Å²) in [4.78, 5) is 32.8. The monoisotopic (exact) mass is 460 g/mol. The highest BCUT2D eigenvalue weighted by atomic mass is 16.5. The molecule has 0 saturated carbocycles. The van der Waals surface area contributed by atoms with E-state index in [1.807, 2.05) is 44.2 Å². The average Bonchev–Trinajstić information content (AvgIpc) is 2.85. The van der Waals surface area contributed by atoms with Crippen molar-refractivity contribution in [2.75, 3.05) is 43.1 Å². The number of hydrogen-bond acceptors (Lipinski definition) is 7. The van der Waals surface area contributed by atoms with Crippen LogP contribution in [0.5, 0.6) is 0 Å². The minimum atomic E-state index is -0.326. The van der Waals surface area contributed by atoms with Crippen molar-refractivity contribution in [3.05, 3.63) is 63.4 Å². The summed E-state index contributed by atoms with van der Waals surface area (Å²) in [5, 5.41) is 15.3. The Morgan fingerprint density at radius 2 is 2.00 bits per heavy atom. The summed E-state index contributed by atoms with van der Waals surface area (Å²) >= 11 is 0. The number of carbonyl (C=O) groups is 1. The van der Waals surface area contributed by atoms with Crippen LogP contribution in [0.2, 0.25) is 0 Å². The third kappa shape index (κ3) is 4.58. The van der Waals surface area contributed by atoms with Gasteiger partial charge in [0.25, 0.3) is 11.5 Å². The molecule has 0 unspecified atom stereocenters. The Balaban J connectivity index is 1.76. The number of nitriles is 1. The SMILES string of the molecule is Cc1cc([C@@H](C)Nc2ccccc2C(=O)NCC#N)c2nc(N3CCOCC3)n(C)c(=O)c2c1. The van der Waals surface area contributed by atoms with Crippen LogP contribution in [0.15, 0.2) is 41.2 Å². The number of aromatic nitrogens is 2. The van der Waals surface area contributed by atoms with Gasteiger partial charge in [0.2, 0.25) is 5.95 Å². The lowest BCUT2D eigenvalue weighted by atomic mass is 10.0. The predicted octanol–water partition coefficient (Wildman–Crippen LogP) is 2.50. The van der Waals surface area contributed by atoms with Gasteiger partial charge in [-0.15, -0.1) is 0 Å². The lowest BCUT2D eigenvalue weighted by Crippen LogP contribution is -2.40. The van der Waals surface area contributed by atoms with Crippen molar-refractivity contribution < 1.29 is 9.53 Å². The number of anilines is 2. The molecule has 0 aliphatic carbocycles. The molecule has 1 amide bonds. The molecule has 1 aliphatic heterocycles. The fraction of sp³-hybridized carbons (Fsp3) is 0.360. The first kappa shape index (κ1) is 23.3. The van der Waals surface area contributed by atoms with E-state index < -0.39 is 0 Å². The molecular formula is C25H28N6O3. The van der Waals surface area contributed by atoms with Crippen LogP contribution in [0.4, 0.5) is 11.6 Å². The maximum atomic E-state index is 13.3. The fourth-order valence-electron chi connectivity index (χ4n) is 4.25. The smallest absolute Gasteiger partial charge is 0.262 e. The van der Waals surface area contributed by atoms with E-state index >= 15 is 0 Å². The Labute approximate surface area is 198 Å². The molecule has 9 nitrogen and oxygen atoms in total. The molecule has 34 heavy (non-hydrogen) atoms. The maximum absolute atomic E-state index is 13.3. The molecule has 1 fully saturated rings. The zero-order valence-corrected chi connectivity index (χ0v) is 19.6. The zero-order chi connectivity index (χ0) is 24.2. The first-order chi connectivity index (χ1) is 16.4. The van der Waals surface area contributed by atoms with E-state index in [4.69, 9.17) is 15.0 Å². The number of aryl methyl sites for hydroxylation is 1. The lowest BCUT2D eigenvalue weighted by molar-refractivity contribution is 0.0959. The van der Waals surface area contributed by atoms with Crippen LogP contribution in [-0.4, -0.2) is 48.3 Å². The Hall–Kier alpha value is -3.90. The van der Waals surface area contributed by atoms with Crippen LogP contribution in [0.3, 0.4) is 0 Å². The van der Waals surface area contributed by atoms with Gasteiger partial charge in [-0.25, -0.2) is 4.98 Å². The largest absolute Gasteiger partial charge is 0.378 e. The Kier molecular flexibility index (Phi) is 6.80. The van der Waals surface area contributed by atoms with Gasteiger partial charge in [-0.1, -0.05) is 18.2 Å². The molecule has 0 radical (unpaired) electrons. The van der Waals surface area contributed by atoms with Crippen molar-refractivity contribution in [3.63, 3.8) is 0 Å². The molecule has 1 saturated heterocycles. The van der Waals surface area contributed by atoms with E-state index in [9.17, 15) is 9.59 Å². The molecule has 2 N–H and O–H groups in total. The lowest BCUT2D eigenvalue weighted by Gasteiger charge is -2.29. The molecule has 176 valence electrons. The Bertz CT molecular complexity index is 1320. The molecule has 1 atom stereocenters. The highest BCUT2D eigenvalue weighted by Crippen LogP contribution is 2.29. The topological polar surface area (TPSA) is 112 Å². The number of carbonyl (C=O) groups excluding carboxylic acids is 1. The van der Waals surface area contributed by atoms with Crippen molar-refractivity contribution in [3.8, 4) is 6.07 Å². The quantitative estimate of drug-likeness (QED) is 0.544. The standard InChI is InChI=1S/C25H28N6O3/c1-16-14-19(17(2)28-21-7-5-4-6-18(21)23(32)27-9-8-26)22-20(15-16)24(33)30(3)25(29-22)31-10-12-34-13-11-31/h4-7,14-15,17,28H,9-13H2,1-3H3,(H,27,32)/t17-/m1/s1. The third-order valence-corrected chi connectivity index (χ3v) is 5.96. The molecule has 0 bridgehead atoms. The first-order valence-electron chi connectivity index (χ1n) is 11.3. The number of fused-ring (bicyclic) bond motifs is 1. The van der Waals surface area contributed by atoms with E-state index in [0.29, 0.717) is 54.4 Å². The van der Waals surface area contributed by atoms with E-state index in [1.165, 1.54) is 0 Å². The summed E-state index contributed by atoms with van der Waals surface area (Å²) in [7, 11) is 1.75. The number of para-hydroxylation sites is 1. The molecule has 4 rings (SSSR count). The van der Waals surface area contributed by atoms with E-state index in [-0.39, 0.29) is 24.1 Å². The molecule has 2 aromatic carbocycles. The average molecular weight is 461 g/mol. The fourth-order valence-corrected chi connectivity index (χ4v) is 4.25. The van der Waals surface area contributed by atoms with Gasteiger partial charge in [0.15, 0.2) is 0 Å². The molecule has 9 heteroatoms. The molecular weight excluding hydrogens is 432 g/mol. The normalized spacial score (nSPS) is 14.5. The number of nitrogens with one attached hydrogen (secondary N) is 2. The van der Waals surface area contributed by atoms with Gasteiger partial charge in [0.1, 0.15) is 6.54 Å². The van der Waals surface area contributed by atoms with Crippen molar-refractivity contribution in [2.45, 2.75) is 19.9 Å². The summed E-state index contributed by atoms with van der Waals surface area (Å²) in [6, 6.07) is 12.7. The van der Waals surface area contributed by atoms with E-state index in [0.717, 1.165) is 11.1 Å². The maximum Gasteiger partial charge on any atom is 0.262 e. The van der Waals surface area contributed by atoms with Crippen LogP contribution in [0.1, 0.15) is 34.5 Å². The number of ether oxygens (including phenoxy) is 1. The van der Waals surface area contributed by atoms with Gasteiger partial charge in [-0.05, 0) is 37.6 Å². The van der Waals surface area contributed by atoms with E-state index in [1.54, 1.807) is 23.7 Å². The Morgan fingerprint density at radius 1 is 1.26 bits per heavy atom. The number of benzene rings is 2. The molecule has 0 spiro atoms. The summed E-state index contributed by atoms with van der Waals surface area (Å²) in [6.45, 7) is 6.40. The van der Waals surface area contributed by atoms with Gasteiger partial charge in [0, 0.05) is 31.4 Å². The molecule has 2 heterocycles. The van der Waals surface area contributed by atoms with Crippen LogP contribution in [0, 0.1) is 18.3 Å². The van der Waals surface area contributed by atoms with Crippen LogP contribution in [0.25, 0.3) is 10.9 Å². The zero-order valence-electron chi connectivity index (χ0n) is 19.6. The number of morpholine rings is 1. The van der Waals surface area contributed by atoms with Crippen LogP contribution in [-0.2, 0) is 11.8 Å². The Morgan fingerprint density at radius 3 is 2.74 bits per heavy atom. The summed E-state index contributed by atoms with van der Waals surface area (Å²) in [6.07, 6.45) is 0. The summed E-state index contributed by atoms with van der Waals surface area (Å²) < 4.78 is 7.06. The minimum Gasteiger partial charge on any atom is -0.378 e. The number of nitrogens with zero attached hydrogens (tertiary/aromatic N) is 4. The van der Waals surface area contributed by atoms with Crippen molar-refractivity contribution in [2.24, 2.45) is 7.05 Å². The highest BCUT2D eigenvalue weighted by Gasteiger charge is 2.21. The summed E-state index contributed by atoms with van der Waals surface area (Å²) in [5.74, 6) is 0.293. The first-order valence-corrected chi connectivity index (χ1v) is 11.3. The third-order valence-electron chi connectivity index (χ3n) is 5.96. The van der Waals surface area contributed by atoms with Crippen molar-refractivity contribution in [1.29, 1.82) is 5.26 Å². The minimum absolute atomic E-state index is 0.0667. The van der Waals surface area contributed by atoms with Gasteiger partial charge < -0.3 is 20.3 Å². The van der Waals surface area contributed by atoms with Gasteiger partial charge in [0.05, 0.1) is 41.8 Å². The van der Waals surface area contributed by atoms with E-state index in [2.05, 4.69) is 15.5 Å². The number of hydrogen-bond donors (Lipinski definition) is 2. The second-order valence-corrected chi connectivity index (χ2v) is 8.38. The van der Waals surface area contributed by atoms with Crippen LogP contribution >= 0.6 is 0 Å². The highest BCUT2D eigenvalue weighted by molar-refractivity contribution is 5.99. The molecule has 1 aliphatic rings. The van der Waals surface area contributed by atoms with Crippen molar-refractivity contribution in [1.82, 2.24) is 14.9 Å². The number of rotatable bonds is 6. The summed E-state index contributed by atoms with van der Waals surface area (Å²) in [5.41, 5.74) is 3.45. The van der Waals surface area contributed by atoms with Gasteiger partial charge in [-0.2, -0.15) is 5.26 Å². The second-order valence-electron chi connectivity index (χ2n) is 8.38. The predicted molar refractivity (Wildman–Crippen MR) is 131 cm³/mol.